The molecule has 0 amide bonds. The van der Waals surface area contributed by atoms with Gasteiger partial charge in [-0.3, -0.25) is 0 Å². The number of hydrogen-bond acceptors (Lipinski definition) is 4. The van der Waals surface area contributed by atoms with Gasteiger partial charge in [0.1, 0.15) is 16.9 Å². The zero-order valence-corrected chi connectivity index (χ0v) is 10.9. The highest BCUT2D eigenvalue weighted by molar-refractivity contribution is 6.05. The molecule has 0 saturated carbocycles. The van der Waals surface area contributed by atoms with Gasteiger partial charge in [-0.1, -0.05) is 12.1 Å². The maximum Gasteiger partial charge on any atom is 0.196 e. The van der Waals surface area contributed by atoms with Crippen molar-refractivity contribution in [1.29, 1.82) is 0 Å². The van der Waals surface area contributed by atoms with Crippen LogP contribution in [0.4, 0.5) is 5.82 Å². The summed E-state index contributed by atoms with van der Waals surface area (Å²) < 4.78 is 5.98. The van der Waals surface area contributed by atoms with Crippen LogP contribution in [0.5, 0.6) is 0 Å². The predicted octanol–water partition coefficient (Wildman–Crippen LogP) is 3.28. The lowest BCUT2D eigenvalue weighted by molar-refractivity contribution is 0.662. The minimum atomic E-state index is 0.806. The number of para-hydroxylation sites is 1. The molecule has 0 unspecified atom stereocenters. The van der Waals surface area contributed by atoms with Crippen LogP contribution in [-0.4, -0.2) is 23.1 Å². The second-order valence-corrected chi connectivity index (χ2v) is 5.06. The number of furan rings is 1. The van der Waals surface area contributed by atoms with E-state index in [1.54, 1.807) is 0 Å². The molecule has 3 heterocycles. The van der Waals surface area contributed by atoms with Crippen molar-refractivity contribution in [1.82, 2.24) is 9.97 Å². The average molecular weight is 253 g/mol. The van der Waals surface area contributed by atoms with Crippen LogP contribution in [0.2, 0.25) is 0 Å². The number of fused-ring (bicyclic) bond motifs is 3. The standard InChI is InChI=1S/C15H15N3O/c1-10-16-13-11-6-2-3-7-12(11)19-14(13)15(17-10)18-8-4-5-9-18/h2-3,6-7H,4-5,8-9H2,1H3. The molecule has 2 aromatic heterocycles. The molecular weight excluding hydrogens is 238 g/mol. The van der Waals surface area contributed by atoms with Gasteiger partial charge in [-0.2, -0.15) is 0 Å². The molecule has 0 N–H and O–H groups in total. The monoisotopic (exact) mass is 253 g/mol. The van der Waals surface area contributed by atoms with Crippen molar-refractivity contribution in [2.24, 2.45) is 0 Å². The quantitative estimate of drug-likeness (QED) is 0.667. The smallest absolute Gasteiger partial charge is 0.196 e. The van der Waals surface area contributed by atoms with Crippen molar-refractivity contribution in [3.8, 4) is 0 Å². The zero-order valence-electron chi connectivity index (χ0n) is 10.9. The molecule has 4 rings (SSSR count). The normalized spacial score (nSPS) is 15.7. The summed E-state index contributed by atoms with van der Waals surface area (Å²) >= 11 is 0. The van der Waals surface area contributed by atoms with Crippen molar-refractivity contribution >= 4 is 27.9 Å². The number of aromatic nitrogens is 2. The average Bonchev–Trinajstić information content (AvgIpc) is 3.05. The van der Waals surface area contributed by atoms with Gasteiger partial charge >= 0.3 is 0 Å². The Morgan fingerprint density at radius 3 is 2.74 bits per heavy atom. The summed E-state index contributed by atoms with van der Waals surface area (Å²) in [5, 5.41) is 1.07. The Morgan fingerprint density at radius 2 is 1.89 bits per heavy atom. The topological polar surface area (TPSA) is 42.2 Å². The molecule has 19 heavy (non-hydrogen) atoms. The van der Waals surface area contributed by atoms with E-state index in [9.17, 15) is 0 Å². The van der Waals surface area contributed by atoms with Crippen LogP contribution < -0.4 is 4.90 Å². The molecular formula is C15H15N3O. The molecule has 1 fully saturated rings. The van der Waals surface area contributed by atoms with Gasteiger partial charge in [0.2, 0.25) is 0 Å². The lowest BCUT2D eigenvalue weighted by Crippen LogP contribution is -2.19. The number of hydrogen-bond donors (Lipinski definition) is 0. The maximum absolute atomic E-state index is 5.98. The minimum Gasteiger partial charge on any atom is -0.450 e. The van der Waals surface area contributed by atoms with Crippen molar-refractivity contribution < 1.29 is 4.42 Å². The van der Waals surface area contributed by atoms with E-state index in [-0.39, 0.29) is 0 Å². The van der Waals surface area contributed by atoms with Gasteiger partial charge in [0.05, 0.1) is 0 Å². The summed E-state index contributed by atoms with van der Waals surface area (Å²) in [6.45, 7) is 4.06. The Bertz CT molecular complexity index is 757. The van der Waals surface area contributed by atoms with Crippen molar-refractivity contribution in [2.75, 3.05) is 18.0 Å². The summed E-state index contributed by atoms with van der Waals surface area (Å²) in [6.07, 6.45) is 2.45. The van der Waals surface area contributed by atoms with Crippen molar-refractivity contribution in [3.63, 3.8) is 0 Å². The van der Waals surface area contributed by atoms with Gasteiger partial charge in [-0.15, -0.1) is 0 Å². The fourth-order valence-corrected chi connectivity index (χ4v) is 2.83. The number of anilines is 1. The minimum absolute atomic E-state index is 0.806. The van der Waals surface area contributed by atoms with Gasteiger partial charge in [-0.25, -0.2) is 9.97 Å². The van der Waals surface area contributed by atoms with Crippen LogP contribution in [0.25, 0.3) is 22.1 Å². The third-order valence-corrected chi connectivity index (χ3v) is 3.72. The Kier molecular flexibility index (Phi) is 2.24. The largest absolute Gasteiger partial charge is 0.450 e. The highest BCUT2D eigenvalue weighted by Gasteiger charge is 2.21. The van der Waals surface area contributed by atoms with E-state index in [0.717, 1.165) is 46.8 Å². The SMILES string of the molecule is Cc1nc(N2CCCC2)c2oc3ccccc3c2n1. The maximum atomic E-state index is 5.98. The lowest BCUT2D eigenvalue weighted by atomic mass is 10.2. The van der Waals surface area contributed by atoms with E-state index in [2.05, 4.69) is 20.9 Å². The van der Waals surface area contributed by atoms with E-state index in [4.69, 9.17) is 4.42 Å². The van der Waals surface area contributed by atoms with Crippen LogP contribution in [0.3, 0.4) is 0 Å². The molecule has 4 heteroatoms. The molecule has 0 radical (unpaired) electrons. The van der Waals surface area contributed by atoms with Crippen LogP contribution in [0, 0.1) is 6.92 Å². The van der Waals surface area contributed by atoms with E-state index in [0.29, 0.717) is 0 Å². The third kappa shape index (κ3) is 1.59. The summed E-state index contributed by atoms with van der Waals surface area (Å²) in [5.74, 6) is 1.76. The Balaban J connectivity index is 2.06. The van der Waals surface area contributed by atoms with Crippen LogP contribution in [0.1, 0.15) is 18.7 Å². The lowest BCUT2D eigenvalue weighted by Gasteiger charge is -2.16. The van der Waals surface area contributed by atoms with Crippen LogP contribution >= 0.6 is 0 Å². The number of rotatable bonds is 1. The Hall–Kier alpha value is -2.10. The first-order valence-electron chi connectivity index (χ1n) is 6.74. The molecule has 0 bridgehead atoms. The van der Waals surface area contributed by atoms with E-state index >= 15 is 0 Å². The fraction of sp³-hybridized carbons (Fsp3) is 0.333. The molecule has 0 atom stereocenters. The molecule has 1 aliphatic heterocycles. The second kappa shape index (κ2) is 3.95. The summed E-state index contributed by atoms with van der Waals surface area (Å²) in [6, 6.07) is 8.05. The molecule has 0 spiro atoms. The molecule has 0 aliphatic carbocycles. The second-order valence-electron chi connectivity index (χ2n) is 5.06. The number of nitrogens with zero attached hydrogens (tertiary/aromatic N) is 3. The molecule has 1 saturated heterocycles. The summed E-state index contributed by atoms with van der Waals surface area (Å²) in [5.41, 5.74) is 2.65. The third-order valence-electron chi connectivity index (χ3n) is 3.72. The zero-order chi connectivity index (χ0) is 12.8. The summed E-state index contributed by atoms with van der Waals surface area (Å²) in [7, 11) is 0. The first-order valence-corrected chi connectivity index (χ1v) is 6.74. The predicted molar refractivity (Wildman–Crippen MR) is 75.5 cm³/mol. The molecule has 1 aliphatic rings. The Morgan fingerprint density at radius 1 is 1.11 bits per heavy atom. The fourth-order valence-electron chi connectivity index (χ4n) is 2.83. The van der Waals surface area contributed by atoms with Crippen LogP contribution in [0.15, 0.2) is 28.7 Å². The van der Waals surface area contributed by atoms with Crippen LogP contribution in [-0.2, 0) is 0 Å². The van der Waals surface area contributed by atoms with Gasteiger partial charge in [0, 0.05) is 18.5 Å². The van der Waals surface area contributed by atoms with Gasteiger partial charge in [0.15, 0.2) is 11.4 Å². The van der Waals surface area contributed by atoms with Gasteiger partial charge < -0.3 is 9.32 Å². The van der Waals surface area contributed by atoms with Crippen molar-refractivity contribution in [3.05, 3.63) is 30.1 Å². The van der Waals surface area contributed by atoms with Crippen molar-refractivity contribution in [2.45, 2.75) is 19.8 Å². The molecule has 3 aromatic rings. The highest BCUT2D eigenvalue weighted by atomic mass is 16.3. The van der Waals surface area contributed by atoms with E-state index in [1.807, 2.05) is 25.1 Å². The Labute approximate surface area is 111 Å². The number of aryl methyl sites for hydroxylation is 1. The first-order chi connectivity index (χ1) is 9.33. The van der Waals surface area contributed by atoms with Gasteiger partial charge in [-0.05, 0) is 31.9 Å². The van der Waals surface area contributed by atoms with E-state index in [1.165, 1.54) is 12.8 Å². The summed E-state index contributed by atoms with van der Waals surface area (Å²) in [4.78, 5) is 11.5. The molecule has 96 valence electrons. The van der Waals surface area contributed by atoms with E-state index < -0.39 is 0 Å². The highest BCUT2D eigenvalue weighted by Crippen LogP contribution is 2.33. The van der Waals surface area contributed by atoms with Gasteiger partial charge in [0.25, 0.3) is 0 Å². The molecule has 4 nitrogen and oxygen atoms in total. The number of benzene rings is 1. The molecule has 1 aromatic carbocycles. The first kappa shape index (κ1) is 10.8.